The minimum atomic E-state index is 0.325. The van der Waals surface area contributed by atoms with Crippen LogP contribution in [0.2, 0.25) is 0 Å². The number of hydrogen-bond acceptors (Lipinski definition) is 3. The molecular weight excluding hydrogens is 242 g/mol. The van der Waals surface area contributed by atoms with Crippen molar-refractivity contribution in [2.75, 3.05) is 11.9 Å². The van der Waals surface area contributed by atoms with Crippen LogP contribution >= 0.6 is 11.3 Å². The molecular formula is C15H19NOS. The van der Waals surface area contributed by atoms with Gasteiger partial charge in [-0.3, -0.25) is 0 Å². The molecule has 2 rings (SSSR count). The highest BCUT2D eigenvalue weighted by Crippen LogP contribution is 2.25. The van der Waals surface area contributed by atoms with E-state index in [4.69, 9.17) is 4.74 Å². The number of hydrogen-bond donors (Lipinski definition) is 1. The zero-order valence-electron chi connectivity index (χ0n) is 10.8. The summed E-state index contributed by atoms with van der Waals surface area (Å²) in [4.78, 5) is 1.34. The van der Waals surface area contributed by atoms with Gasteiger partial charge in [-0.05, 0) is 36.9 Å². The molecule has 1 atom stereocenters. The number of nitrogens with one attached hydrogen (secondary N) is 1. The Balaban J connectivity index is 2.00. The van der Waals surface area contributed by atoms with E-state index in [9.17, 15) is 0 Å². The monoisotopic (exact) mass is 261 g/mol. The van der Waals surface area contributed by atoms with Gasteiger partial charge in [-0.2, -0.15) is 0 Å². The van der Waals surface area contributed by atoms with Crippen molar-refractivity contribution >= 4 is 17.0 Å². The van der Waals surface area contributed by atoms with Crippen LogP contribution in [0.15, 0.2) is 41.8 Å². The fourth-order valence-corrected chi connectivity index (χ4v) is 2.49. The highest BCUT2D eigenvalue weighted by Gasteiger charge is 2.06. The number of thiophene rings is 1. The third-order valence-electron chi connectivity index (χ3n) is 2.66. The van der Waals surface area contributed by atoms with Gasteiger partial charge in [0.2, 0.25) is 0 Å². The fourth-order valence-electron chi connectivity index (χ4n) is 1.75. The standard InChI is InChI=1S/C15H19NOS/c1-3-9-17-14-7-4-6-13(11-14)16-12(2)15-8-5-10-18-15/h4-8,10-12,16H,3,9H2,1-2H3. The first-order valence-electron chi connectivity index (χ1n) is 6.32. The van der Waals surface area contributed by atoms with Crippen molar-refractivity contribution in [3.8, 4) is 5.75 Å². The van der Waals surface area contributed by atoms with Crippen molar-refractivity contribution in [3.05, 3.63) is 46.7 Å². The van der Waals surface area contributed by atoms with Crippen molar-refractivity contribution < 1.29 is 4.74 Å². The van der Waals surface area contributed by atoms with Crippen molar-refractivity contribution in [2.45, 2.75) is 26.3 Å². The van der Waals surface area contributed by atoms with Crippen molar-refractivity contribution in [1.82, 2.24) is 0 Å². The van der Waals surface area contributed by atoms with E-state index in [2.05, 4.69) is 48.8 Å². The number of ether oxygens (including phenoxy) is 1. The van der Waals surface area contributed by atoms with E-state index in [-0.39, 0.29) is 0 Å². The Morgan fingerprint density at radius 1 is 1.28 bits per heavy atom. The van der Waals surface area contributed by atoms with Gasteiger partial charge < -0.3 is 10.1 Å². The maximum Gasteiger partial charge on any atom is 0.121 e. The summed E-state index contributed by atoms with van der Waals surface area (Å²) < 4.78 is 5.63. The van der Waals surface area contributed by atoms with E-state index >= 15 is 0 Å². The summed E-state index contributed by atoms with van der Waals surface area (Å²) in [5, 5.41) is 5.60. The van der Waals surface area contributed by atoms with E-state index in [1.165, 1.54) is 4.88 Å². The normalized spacial score (nSPS) is 12.1. The van der Waals surface area contributed by atoms with Gasteiger partial charge in [-0.25, -0.2) is 0 Å². The van der Waals surface area contributed by atoms with Gasteiger partial charge >= 0.3 is 0 Å². The zero-order chi connectivity index (χ0) is 12.8. The second-order valence-electron chi connectivity index (χ2n) is 4.26. The summed E-state index contributed by atoms with van der Waals surface area (Å²) in [7, 11) is 0. The molecule has 18 heavy (non-hydrogen) atoms. The lowest BCUT2D eigenvalue weighted by Crippen LogP contribution is -2.05. The van der Waals surface area contributed by atoms with Crippen LogP contribution in [0.4, 0.5) is 5.69 Å². The molecule has 96 valence electrons. The lowest BCUT2D eigenvalue weighted by atomic mass is 10.2. The maximum atomic E-state index is 5.63. The molecule has 3 heteroatoms. The van der Waals surface area contributed by atoms with Crippen molar-refractivity contribution in [1.29, 1.82) is 0 Å². The molecule has 0 amide bonds. The molecule has 1 aromatic heterocycles. The molecule has 0 saturated heterocycles. The van der Waals surface area contributed by atoms with Crippen LogP contribution in [0.3, 0.4) is 0 Å². The zero-order valence-corrected chi connectivity index (χ0v) is 11.7. The second kappa shape index (κ2) is 6.45. The Morgan fingerprint density at radius 3 is 2.89 bits per heavy atom. The third kappa shape index (κ3) is 3.50. The van der Waals surface area contributed by atoms with Gasteiger partial charge in [0.25, 0.3) is 0 Å². The number of anilines is 1. The van der Waals surface area contributed by atoms with Crippen molar-refractivity contribution in [3.63, 3.8) is 0 Å². The van der Waals surface area contributed by atoms with E-state index < -0.39 is 0 Å². The lowest BCUT2D eigenvalue weighted by Gasteiger charge is -2.14. The van der Waals surface area contributed by atoms with Crippen molar-refractivity contribution in [2.24, 2.45) is 0 Å². The third-order valence-corrected chi connectivity index (χ3v) is 3.72. The Bertz CT molecular complexity index is 467. The van der Waals surface area contributed by atoms with Gasteiger partial charge in [0.05, 0.1) is 12.6 Å². The average Bonchev–Trinajstić information content (AvgIpc) is 2.91. The van der Waals surface area contributed by atoms with E-state index in [0.29, 0.717) is 6.04 Å². The molecule has 0 spiro atoms. The minimum absolute atomic E-state index is 0.325. The van der Waals surface area contributed by atoms with Gasteiger partial charge in [-0.1, -0.05) is 19.1 Å². The van der Waals surface area contributed by atoms with E-state index in [1.54, 1.807) is 11.3 Å². The first kappa shape index (κ1) is 13.0. The van der Waals surface area contributed by atoms with Gasteiger partial charge in [0.15, 0.2) is 0 Å². The topological polar surface area (TPSA) is 21.3 Å². The van der Waals surface area contributed by atoms with Crippen LogP contribution < -0.4 is 10.1 Å². The average molecular weight is 261 g/mol. The Hall–Kier alpha value is -1.48. The highest BCUT2D eigenvalue weighted by molar-refractivity contribution is 7.10. The van der Waals surface area contributed by atoms with Crippen LogP contribution in [0.5, 0.6) is 5.75 Å². The molecule has 0 radical (unpaired) electrons. The van der Waals surface area contributed by atoms with Crippen LogP contribution in [-0.2, 0) is 0 Å². The van der Waals surface area contributed by atoms with E-state index in [1.807, 2.05) is 12.1 Å². The fraction of sp³-hybridized carbons (Fsp3) is 0.333. The van der Waals surface area contributed by atoms with Crippen LogP contribution in [0.25, 0.3) is 0 Å². The minimum Gasteiger partial charge on any atom is -0.494 e. The molecule has 0 fully saturated rings. The summed E-state index contributed by atoms with van der Waals surface area (Å²) in [6.45, 7) is 5.05. The molecule has 1 unspecified atom stereocenters. The summed E-state index contributed by atoms with van der Waals surface area (Å²) in [6, 6.07) is 12.7. The smallest absolute Gasteiger partial charge is 0.121 e. The van der Waals surface area contributed by atoms with E-state index in [0.717, 1.165) is 24.5 Å². The number of rotatable bonds is 6. The summed E-state index contributed by atoms with van der Waals surface area (Å²) in [6.07, 6.45) is 1.03. The molecule has 0 saturated carbocycles. The first-order valence-corrected chi connectivity index (χ1v) is 7.20. The summed E-state index contributed by atoms with van der Waals surface area (Å²) >= 11 is 1.77. The Kier molecular flexibility index (Phi) is 4.65. The highest BCUT2D eigenvalue weighted by atomic mass is 32.1. The molecule has 0 aliphatic heterocycles. The lowest BCUT2D eigenvalue weighted by molar-refractivity contribution is 0.317. The van der Waals surface area contributed by atoms with Gasteiger partial charge in [-0.15, -0.1) is 11.3 Å². The first-order chi connectivity index (χ1) is 8.79. The quantitative estimate of drug-likeness (QED) is 0.813. The predicted molar refractivity (Wildman–Crippen MR) is 78.6 cm³/mol. The molecule has 1 aromatic carbocycles. The molecule has 0 bridgehead atoms. The molecule has 2 aromatic rings. The Morgan fingerprint density at radius 2 is 2.17 bits per heavy atom. The molecule has 1 heterocycles. The van der Waals surface area contributed by atoms with Gasteiger partial charge in [0, 0.05) is 16.6 Å². The Labute approximate surface area is 113 Å². The number of benzene rings is 1. The maximum absolute atomic E-state index is 5.63. The van der Waals surface area contributed by atoms with Crippen LogP contribution in [0, 0.1) is 0 Å². The van der Waals surface area contributed by atoms with Crippen LogP contribution in [0.1, 0.15) is 31.2 Å². The van der Waals surface area contributed by atoms with Gasteiger partial charge in [0.1, 0.15) is 5.75 Å². The molecule has 0 aliphatic carbocycles. The van der Waals surface area contributed by atoms with Crippen LogP contribution in [-0.4, -0.2) is 6.61 Å². The SMILES string of the molecule is CCCOc1cccc(NC(C)c2cccs2)c1. The molecule has 1 N–H and O–H groups in total. The molecule has 0 aliphatic rings. The summed E-state index contributed by atoms with van der Waals surface area (Å²) in [5.41, 5.74) is 1.10. The molecule has 2 nitrogen and oxygen atoms in total. The summed E-state index contributed by atoms with van der Waals surface area (Å²) in [5.74, 6) is 0.931. The predicted octanol–water partition coefficient (Wildman–Crippen LogP) is 4.71. The second-order valence-corrected chi connectivity index (χ2v) is 5.24. The largest absolute Gasteiger partial charge is 0.494 e.